The average molecular weight is 314 g/mol. The average Bonchev–Trinajstić information content (AvgIpc) is 2.52. The number of hydrogen-bond donors (Lipinski definition) is 1. The number of hydrogen-bond acceptors (Lipinski definition) is 4. The van der Waals surface area contributed by atoms with Crippen molar-refractivity contribution in [2.45, 2.75) is 20.3 Å². The molecule has 1 aliphatic rings. The summed E-state index contributed by atoms with van der Waals surface area (Å²) >= 11 is 0. The Bertz CT molecular complexity index is 694. The van der Waals surface area contributed by atoms with E-state index >= 15 is 0 Å². The molecule has 2 rings (SSSR count). The number of amides is 3. The fourth-order valence-corrected chi connectivity index (χ4v) is 1.99. The summed E-state index contributed by atoms with van der Waals surface area (Å²) in [6, 6.07) is 7.08. The van der Waals surface area contributed by atoms with Crippen LogP contribution in [0.5, 0.6) is 5.75 Å². The zero-order valence-corrected chi connectivity index (χ0v) is 13.1. The number of benzene rings is 1. The highest BCUT2D eigenvalue weighted by Crippen LogP contribution is 2.17. The number of nitrogens with zero attached hydrogens (tertiary/aromatic N) is 3. The van der Waals surface area contributed by atoms with Crippen LogP contribution in [-0.4, -0.2) is 36.1 Å². The highest BCUT2D eigenvalue weighted by atomic mass is 16.5. The summed E-state index contributed by atoms with van der Waals surface area (Å²) in [6.07, 6.45) is 1.71. The van der Waals surface area contributed by atoms with Crippen LogP contribution in [0.4, 0.5) is 4.79 Å². The van der Waals surface area contributed by atoms with E-state index in [1.165, 1.54) is 11.1 Å². The summed E-state index contributed by atoms with van der Waals surface area (Å²) in [5, 5.41) is 2.25. The molecular formula is C16H18N4O3. The maximum absolute atomic E-state index is 11.7. The molecule has 23 heavy (non-hydrogen) atoms. The molecule has 0 atom stereocenters. The van der Waals surface area contributed by atoms with Gasteiger partial charge in [0.1, 0.15) is 5.75 Å². The second-order valence-electron chi connectivity index (χ2n) is 4.96. The summed E-state index contributed by atoms with van der Waals surface area (Å²) in [5.41, 5.74) is 1.52. The minimum Gasteiger partial charge on any atom is -0.424 e. The molecule has 1 aromatic rings. The second kappa shape index (κ2) is 7.35. The van der Waals surface area contributed by atoms with E-state index in [1.54, 1.807) is 13.0 Å². The van der Waals surface area contributed by atoms with Gasteiger partial charge < -0.3 is 4.74 Å². The predicted molar refractivity (Wildman–Crippen MR) is 87.4 cm³/mol. The van der Waals surface area contributed by atoms with Crippen molar-refractivity contribution in [3.63, 3.8) is 0 Å². The minimum atomic E-state index is -0.460. The molecule has 1 heterocycles. The maximum Gasteiger partial charge on any atom is 0.328 e. The summed E-state index contributed by atoms with van der Waals surface area (Å²) in [5.74, 6) is 0.352. The molecule has 0 bridgehead atoms. The molecule has 1 aromatic carbocycles. The Morgan fingerprint density at radius 3 is 2.78 bits per heavy atom. The molecule has 0 unspecified atom stereocenters. The lowest BCUT2D eigenvalue weighted by molar-refractivity contribution is -0.121. The minimum absolute atomic E-state index is 0.0761. The number of carbonyl (C=O) groups excluding carboxylic acids is 2. The third-order valence-electron chi connectivity index (χ3n) is 3.27. The molecule has 7 nitrogen and oxygen atoms in total. The van der Waals surface area contributed by atoms with Crippen molar-refractivity contribution in [1.29, 1.82) is 0 Å². The lowest BCUT2D eigenvalue weighted by Crippen LogP contribution is -2.48. The van der Waals surface area contributed by atoms with Crippen molar-refractivity contribution < 1.29 is 14.3 Å². The zero-order chi connectivity index (χ0) is 16.8. The Morgan fingerprint density at radius 1 is 1.39 bits per heavy atom. The van der Waals surface area contributed by atoms with E-state index in [-0.39, 0.29) is 18.3 Å². The highest BCUT2D eigenvalue weighted by molar-refractivity contribution is 5.97. The van der Waals surface area contributed by atoms with Gasteiger partial charge in [-0.2, -0.15) is 0 Å². The SMILES string of the molecule is C=N/C(=N\C=C(/C)N1CCC(=O)NC1=O)Oc1ccccc1C. The Kier molecular flexibility index (Phi) is 5.24. The number of aryl methyl sites for hydroxylation is 1. The van der Waals surface area contributed by atoms with Gasteiger partial charge in [-0.15, -0.1) is 0 Å². The van der Waals surface area contributed by atoms with Crippen LogP contribution in [0.15, 0.2) is 46.1 Å². The monoisotopic (exact) mass is 314 g/mol. The molecule has 120 valence electrons. The summed E-state index contributed by atoms with van der Waals surface area (Å²) < 4.78 is 5.58. The van der Waals surface area contributed by atoms with Crippen molar-refractivity contribution in [1.82, 2.24) is 10.2 Å². The normalized spacial score (nSPS) is 16.2. The molecule has 7 heteroatoms. The summed E-state index contributed by atoms with van der Waals surface area (Å²) in [4.78, 5) is 32.1. The largest absolute Gasteiger partial charge is 0.424 e. The Labute approximate surface area is 134 Å². The number of amidine groups is 1. The van der Waals surface area contributed by atoms with Gasteiger partial charge in [0.25, 0.3) is 0 Å². The van der Waals surface area contributed by atoms with E-state index < -0.39 is 6.03 Å². The first-order valence-electron chi connectivity index (χ1n) is 7.07. The number of ether oxygens (including phenoxy) is 1. The van der Waals surface area contributed by atoms with Crippen LogP contribution in [-0.2, 0) is 4.79 Å². The van der Waals surface area contributed by atoms with E-state index in [1.807, 2.05) is 25.1 Å². The fourth-order valence-electron chi connectivity index (χ4n) is 1.99. The molecule has 1 saturated heterocycles. The van der Waals surface area contributed by atoms with E-state index in [0.29, 0.717) is 18.0 Å². The van der Waals surface area contributed by atoms with Gasteiger partial charge in [-0.05, 0) is 32.2 Å². The first kappa shape index (κ1) is 16.4. The molecule has 0 saturated carbocycles. The topological polar surface area (TPSA) is 83.4 Å². The van der Waals surface area contributed by atoms with Crippen LogP contribution < -0.4 is 10.1 Å². The Balaban J connectivity index is 2.11. The lowest BCUT2D eigenvalue weighted by Gasteiger charge is -2.26. The van der Waals surface area contributed by atoms with Gasteiger partial charge in [-0.1, -0.05) is 18.2 Å². The number of allylic oxidation sites excluding steroid dienone is 1. The van der Waals surface area contributed by atoms with Gasteiger partial charge in [0.15, 0.2) is 0 Å². The number of urea groups is 1. The number of nitrogens with one attached hydrogen (secondary N) is 1. The quantitative estimate of drug-likeness (QED) is 0.686. The molecule has 0 aromatic heterocycles. The van der Waals surface area contributed by atoms with E-state index in [0.717, 1.165) is 5.56 Å². The van der Waals surface area contributed by atoms with Crippen molar-refractivity contribution in [3.05, 3.63) is 41.7 Å². The van der Waals surface area contributed by atoms with Gasteiger partial charge in [-0.3, -0.25) is 15.0 Å². The van der Waals surface area contributed by atoms with Crippen molar-refractivity contribution in [2.24, 2.45) is 9.98 Å². The van der Waals surface area contributed by atoms with Crippen LogP contribution in [0.2, 0.25) is 0 Å². The molecular weight excluding hydrogens is 296 g/mol. The fraction of sp³-hybridized carbons (Fsp3) is 0.250. The number of aliphatic imine (C=N–C) groups is 2. The van der Waals surface area contributed by atoms with Crippen LogP contribution >= 0.6 is 0 Å². The Hall–Kier alpha value is -2.96. The molecule has 1 aliphatic heterocycles. The van der Waals surface area contributed by atoms with E-state index in [2.05, 4.69) is 22.0 Å². The van der Waals surface area contributed by atoms with Gasteiger partial charge >= 0.3 is 12.1 Å². The van der Waals surface area contributed by atoms with Crippen LogP contribution in [0.3, 0.4) is 0 Å². The summed E-state index contributed by atoms with van der Waals surface area (Å²) in [7, 11) is 0. The summed E-state index contributed by atoms with van der Waals surface area (Å²) in [6.45, 7) is 7.37. The number of imide groups is 1. The van der Waals surface area contributed by atoms with Gasteiger partial charge in [0, 0.05) is 18.7 Å². The Morgan fingerprint density at radius 2 is 2.13 bits per heavy atom. The second-order valence-corrected chi connectivity index (χ2v) is 4.96. The van der Waals surface area contributed by atoms with Gasteiger partial charge in [0.05, 0.1) is 6.20 Å². The number of para-hydroxylation sites is 1. The third kappa shape index (κ3) is 4.26. The van der Waals surface area contributed by atoms with Gasteiger partial charge in [-0.25, -0.2) is 14.8 Å². The smallest absolute Gasteiger partial charge is 0.328 e. The first-order chi connectivity index (χ1) is 11.0. The van der Waals surface area contributed by atoms with Crippen molar-refractivity contribution in [3.8, 4) is 5.75 Å². The van der Waals surface area contributed by atoms with Crippen LogP contribution in [0.25, 0.3) is 0 Å². The highest BCUT2D eigenvalue weighted by Gasteiger charge is 2.23. The standard InChI is InChI=1S/C16H18N4O3/c1-11-6-4-5-7-13(11)23-15(17-3)18-10-12(2)20-9-8-14(21)19-16(20)22/h4-7,10H,3,8-9H2,1-2H3,(H,19,21,22)/b12-10+,18-15+. The molecule has 3 amide bonds. The van der Waals surface area contributed by atoms with Gasteiger partial charge in [0.2, 0.25) is 5.91 Å². The van der Waals surface area contributed by atoms with Crippen molar-refractivity contribution in [2.75, 3.05) is 6.54 Å². The van der Waals surface area contributed by atoms with E-state index in [4.69, 9.17) is 4.74 Å². The first-order valence-corrected chi connectivity index (χ1v) is 7.07. The molecule has 1 fully saturated rings. The lowest BCUT2D eigenvalue weighted by atomic mass is 10.2. The maximum atomic E-state index is 11.7. The van der Waals surface area contributed by atoms with Crippen molar-refractivity contribution >= 4 is 24.7 Å². The molecule has 0 aliphatic carbocycles. The third-order valence-corrected chi connectivity index (χ3v) is 3.27. The molecule has 0 radical (unpaired) electrons. The number of carbonyl (C=O) groups is 2. The van der Waals surface area contributed by atoms with E-state index in [9.17, 15) is 9.59 Å². The molecule has 1 N–H and O–H groups in total. The number of rotatable bonds is 3. The van der Waals surface area contributed by atoms with Crippen LogP contribution in [0, 0.1) is 6.92 Å². The zero-order valence-electron chi connectivity index (χ0n) is 13.1. The molecule has 0 spiro atoms. The van der Waals surface area contributed by atoms with Crippen LogP contribution in [0.1, 0.15) is 18.9 Å². The predicted octanol–water partition coefficient (Wildman–Crippen LogP) is 2.23.